The van der Waals surface area contributed by atoms with E-state index in [1.807, 2.05) is 17.0 Å². The molecule has 0 radical (unpaired) electrons. The molecule has 1 N–H and O–H groups in total. The molecule has 0 unspecified atom stereocenters. The number of phenolic OH excluding ortho intramolecular Hbond substituents is 1. The van der Waals surface area contributed by atoms with Gasteiger partial charge in [-0.3, -0.25) is 4.79 Å². The van der Waals surface area contributed by atoms with Crippen molar-refractivity contribution in [2.75, 3.05) is 31.1 Å². The van der Waals surface area contributed by atoms with Gasteiger partial charge in [-0.05, 0) is 24.3 Å². The number of anilines is 1. The summed E-state index contributed by atoms with van der Waals surface area (Å²) < 4.78 is 28.8. The summed E-state index contributed by atoms with van der Waals surface area (Å²) in [5.41, 5.74) is 0.725. The van der Waals surface area contributed by atoms with Crippen molar-refractivity contribution >= 4 is 11.6 Å². The lowest BCUT2D eigenvalue weighted by Gasteiger charge is -2.35. The average Bonchev–Trinajstić information content (AvgIpc) is 3.20. The molecule has 2 heterocycles. The topological polar surface area (TPSA) is 74.5 Å². The van der Waals surface area contributed by atoms with Crippen LogP contribution in [0.25, 0.3) is 0 Å². The molecule has 1 aliphatic heterocycles. The summed E-state index contributed by atoms with van der Waals surface area (Å²) in [6.45, 7) is 1.90. The van der Waals surface area contributed by atoms with Crippen LogP contribution in [0, 0.1) is 11.6 Å². The molecule has 0 bridgehead atoms. The maximum Gasteiger partial charge on any atom is 0.276 e. The molecule has 1 amide bonds. The molecule has 0 aliphatic carbocycles. The Balaban J connectivity index is 1.40. The number of phenols is 1. The third kappa shape index (κ3) is 3.89. The summed E-state index contributed by atoms with van der Waals surface area (Å²) >= 11 is 0. The van der Waals surface area contributed by atoms with Gasteiger partial charge in [-0.15, -0.1) is 5.10 Å². The largest absolute Gasteiger partial charge is 0.506 e. The van der Waals surface area contributed by atoms with E-state index in [1.165, 1.54) is 29.1 Å². The Bertz CT molecular complexity index is 1010. The second-order valence-corrected chi connectivity index (χ2v) is 6.77. The number of carbonyl (C=O) groups excluding carboxylic acids is 1. The highest BCUT2D eigenvalue weighted by Gasteiger charge is 2.25. The monoisotopic (exact) mass is 399 g/mol. The zero-order valence-corrected chi connectivity index (χ0v) is 15.5. The van der Waals surface area contributed by atoms with Crippen molar-refractivity contribution < 1.29 is 18.7 Å². The van der Waals surface area contributed by atoms with Gasteiger partial charge in [0.2, 0.25) is 0 Å². The van der Waals surface area contributed by atoms with Gasteiger partial charge in [0.05, 0.1) is 18.4 Å². The molecule has 150 valence electrons. The third-order valence-corrected chi connectivity index (χ3v) is 4.93. The smallest absolute Gasteiger partial charge is 0.276 e. The molecule has 1 aromatic heterocycles. The van der Waals surface area contributed by atoms with Crippen LogP contribution >= 0.6 is 0 Å². The highest BCUT2D eigenvalue weighted by Crippen LogP contribution is 2.27. The van der Waals surface area contributed by atoms with E-state index in [0.29, 0.717) is 26.2 Å². The second-order valence-electron chi connectivity index (χ2n) is 6.77. The maximum absolute atomic E-state index is 13.8. The van der Waals surface area contributed by atoms with E-state index >= 15 is 0 Å². The van der Waals surface area contributed by atoms with Crippen molar-refractivity contribution in [1.29, 1.82) is 0 Å². The van der Waals surface area contributed by atoms with Gasteiger partial charge in [0.15, 0.2) is 5.69 Å². The molecule has 9 heteroatoms. The van der Waals surface area contributed by atoms with Crippen LogP contribution in [0.4, 0.5) is 14.5 Å². The van der Waals surface area contributed by atoms with Crippen LogP contribution in [0.2, 0.25) is 0 Å². The van der Waals surface area contributed by atoms with E-state index in [0.717, 1.165) is 5.69 Å². The molecule has 0 spiro atoms. The Morgan fingerprint density at radius 3 is 2.38 bits per heavy atom. The van der Waals surface area contributed by atoms with Crippen molar-refractivity contribution in [2.45, 2.75) is 6.54 Å². The van der Waals surface area contributed by atoms with Gasteiger partial charge in [0.1, 0.15) is 17.4 Å². The van der Waals surface area contributed by atoms with Gasteiger partial charge in [0, 0.05) is 31.7 Å². The van der Waals surface area contributed by atoms with Crippen LogP contribution in [0.5, 0.6) is 5.75 Å². The van der Waals surface area contributed by atoms with Gasteiger partial charge in [-0.1, -0.05) is 23.4 Å². The van der Waals surface area contributed by atoms with Gasteiger partial charge >= 0.3 is 0 Å². The Kier molecular flexibility index (Phi) is 5.11. The van der Waals surface area contributed by atoms with Gasteiger partial charge < -0.3 is 14.9 Å². The Morgan fingerprint density at radius 1 is 1.00 bits per heavy atom. The number of benzene rings is 2. The molecule has 1 aliphatic rings. The minimum atomic E-state index is -0.673. The highest BCUT2D eigenvalue weighted by molar-refractivity contribution is 5.92. The van der Waals surface area contributed by atoms with E-state index < -0.39 is 11.6 Å². The van der Waals surface area contributed by atoms with E-state index in [4.69, 9.17) is 0 Å². The molecule has 0 saturated carbocycles. The Hall–Kier alpha value is -3.49. The molecule has 1 saturated heterocycles. The molecular formula is C20H19F2N5O2. The van der Waals surface area contributed by atoms with Crippen molar-refractivity contribution in [1.82, 2.24) is 19.9 Å². The number of aromatic nitrogens is 3. The highest BCUT2D eigenvalue weighted by atomic mass is 19.1. The average molecular weight is 399 g/mol. The molecule has 3 aromatic rings. The summed E-state index contributed by atoms with van der Waals surface area (Å²) in [4.78, 5) is 16.4. The van der Waals surface area contributed by atoms with Crippen molar-refractivity contribution in [3.63, 3.8) is 0 Å². The summed E-state index contributed by atoms with van der Waals surface area (Å²) in [5, 5.41) is 17.7. The lowest BCUT2D eigenvalue weighted by atomic mass is 10.2. The van der Waals surface area contributed by atoms with Crippen molar-refractivity contribution in [3.05, 3.63) is 71.6 Å². The predicted molar refractivity (Wildman–Crippen MR) is 102 cm³/mol. The molecule has 0 atom stereocenters. The summed E-state index contributed by atoms with van der Waals surface area (Å²) in [6.07, 6.45) is 1.39. The van der Waals surface area contributed by atoms with Crippen LogP contribution in [0.15, 0.2) is 48.7 Å². The normalized spacial score (nSPS) is 14.3. The predicted octanol–water partition coefficient (Wildman–Crippen LogP) is 2.27. The second kappa shape index (κ2) is 7.86. The van der Waals surface area contributed by atoms with E-state index in [1.54, 1.807) is 17.0 Å². The Morgan fingerprint density at radius 2 is 1.69 bits per heavy atom. The van der Waals surface area contributed by atoms with Crippen LogP contribution in [0.3, 0.4) is 0 Å². The van der Waals surface area contributed by atoms with Crippen LogP contribution in [0.1, 0.15) is 16.1 Å². The lowest BCUT2D eigenvalue weighted by molar-refractivity contribution is 0.0740. The molecule has 2 aromatic carbocycles. The van der Waals surface area contributed by atoms with E-state index in [-0.39, 0.29) is 29.5 Å². The van der Waals surface area contributed by atoms with Crippen LogP contribution in [-0.4, -0.2) is 57.1 Å². The van der Waals surface area contributed by atoms with Gasteiger partial charge in [-0.2, -0.15) is 0 Å². The first kappa shape index (κ1) is 18.9. The molecule has 1 fully saturated rings. The first-order valence-electron chi connectivity index (χ1n) is 9.18. The van der Waals surface area contributed by atoms with Crippen molar-refractivity contribution in [3.8, 4) is 5.75 Å². The number of para-hydroxylation sites is 2. The number of halogens is 2. The van der Waals surface area contributed by atoms with E-state index in [9.17, 15) is 18.7 Å². The fraction of sp³-hybridized carbons (Fsp3) is 0.250. The number of hydrogen-bond acceptors (Lipinski definition) is 5. The quantitative estimate of drug-likeness (QED) is 0.729. The number of amides is 1. The Labute approximate surface area is 165 Å². The molecule has 4 rings (SSSR count). The first-order valence-corrected chi connectivity index (χ1v) is 9.18. The number of piperazine rings is 1. The van der Waals surface area contributed by atoms with E-state index in [2.05, 4.69) is 10.3 Å². The zero-order valence-electron chi connectivity index (χ0n) is 15.5. The number of aromatic hydroxyl groups is 1. The number of hydrogen-bond donors (Lipinski definition) is 1. The molecule has 7 nitrogen and oxygen atoms in total. The summed E-state index contributed by atoms with van der Waals surface area (Å²) in [7, 11) is 0. The van der Waals surface area contributed by atoms with Crippen LogP contribution < -0.4 is 4.90 Å². The number of nitrogens with zero attached hydrogens (tertiary/aromatic N) is 5. The molecular weight excluding hydrogens is 380 g/mol. The number of carbonyl (C=O) groups is 1. The van der Waals surface area contributed by atoms with Crippen molar-refractivity contribution in [2.24, 2.45) is 0 Å². The maximum atomic E-state index is 13.8. The fourth-order valence-electron chi connectivity index (χ4n) is 3.36. The number of rotatable bonds is 4. The summed E-state index contributed by atoms with van der Waals surface area (Å²) in [6, 6.07) is 10.7. The zero-order chi connectivity index (χ0) is 20.4. The third-order valence-electron chi connectivity index (χ3n) is 4.93. The fourth-order valence-corrected chi connectivity index (χ4v) is 3.36. The van der Waals surface area contributed by atoms with Gasteiger partial charge in [-0.25, -0.2) is 13.5 Å². The SMILES string of the molecule is O=C(c1cn(Cc2c(F)cccc2F)nn1)N1CCN(c2ccccc2O)CC1. The minimum Gasteiger partial charge on any atom is -0.506 e. The first-order chi connectivity index (χ1) is 14.0. The lowest BCUT2D eigenvalue weighted by Crippen LogP contribution is -2.48. The molecule has 29 heavy (non-hydrogen) atoms. The standard InChI is InChI=1S/C20H19F2N5O2/c21-15-4-3-5-16(22)14(15)12-27-13-17(23-24-27)20(29)26-10-8-25(9-11-26)18-6-1-2-7-19(18)28/h1-7,13,28H,8-12H2. The summed E-state index contributed by atoms with van der Waals surface area (Å²) in [5.74, 6) is -1.43. The van der Waals surface area contributed by atoms with Crippen LogP contribution in [-0.2, 0) is 6.54 Å². The van der Waals surface area contributed by atoms with Gasteiger partial charge in [0.25, 0.3) is 5.91 Å². The minimum absolute atomic E-state index is 0.123.